The number of hydrogen-bond acceptors (Lipinski definition) is 7. The fourth-order valence-electron chi connectivity index (χ4n) is 2.66. The second kappa shape index (κ2) is 7.08. The van der Waals surface area contributed by atoms with E-state index in [9.17, 15) is 10.1 Å². The Bertz CT molecular complexity index is 1100. The Morgan fingerprint density at radius 1 is 1.15 bits per heavy atom. The molecule has 0 saturated carbocycles. The molecule has 1 aromatic carbocycles. The fraction of sp³-hybridized carbons (Fsp3) is 0.0556. The predicted molar refractivity (Wildman–Crippen MR) is 102 cm³/mol. The summed E-state index contributed by atoms with van der Waals surface area (Å²) in [5.41, 5.74) is 2.55. The van der Waals surface area contributed by atoms with Crippen LogP contribution in [0.4, 0.5) is 23.0 Å². The molecular weight excluding hydrogens is 346 g/mol. The summed E-state index contributed by atoms with van der Waals surface area (Å²) in [7, 11) is 0. The molecule has 0 fully saturated rings. The van der Waals surface area contributed by atoms with E-state index in [1.165, 1.54) is 6.07 Å². The maximum Gasteiger partial charge on any atom is 0.311 e. The Balaban J connectivity index is 1.58. The van der Waals surface area contributed by atoms with Gasteiger partial charge in [0.25, 0.3) is 0 Å². The monoisotopic (exact) mass is 361 g/mol. The lowest BCUT2D eigenvalue weighted by Crippen LogP contribution is -2.06. The number of H-pyrrole nitrogens is 1. The predicted octanol–water partition coefficient (Wildman–Crippen LogP) is 3.62. The van der Waals surface area contributed by atoms with Crippen molar-refractivity contribution in [3.05, 3.63) is 76.7 Å². The summed E-state index contributed by atoms with van der Waals surface area (Å²) >= 11 is 0. The first-order valence-corrected chi connectivity index (χ1v) is 8.17. The van der Waals surface area contributed by atoms with Gasteiger partial charge in [0.2, 0.25) is 5.82 Å². The van der Waals surface area contributed by atoms with Gasteiger partial charge in [-0.05, 0) is 35.9 Å². The molecule has 0 atom stereocenters. The summed E-state index contributed by atoms with van der Waals surface area (Å²) in [5, 5.41) is 25.3. The van der Waals surface area contributed by atoms with E-state index in [1.54, 1.807) is 24.7 Å². The van der Waals surface area contributed by atoms with Crippen LogP contribution in [-0.2, 0) is 6.54 Å². The molecule has 0 aliphatic rings. The molecule has 3 aromatic heterocycles. The number of nitro groups is 1. The van der Waals surface area contributed by atoms with Gasteiger partial charge in [-0.1, -0.05) is 6.07 Å². The van der Waals surface area contributed by atoms with Crippen molar-refractivity contribution < 1.29 is 4.92 Å². The standard InChI is InChI=1S/C18H15N7O2/c26-25(27)16-5-6-17(22-14-3-4-15-13(8-14)11-21-24-15)23-18(16)20-10-12-2-1-7-19-9-12/h1-9,11H,10H2,(H,21,24)(H2,20,22,23). The van der Waals surface area contributed by atoms with Crippen LogP contribution >= 0.6 is 0 Å². The maximum absolute atomic E-state index is 11.3. The number of rotatable bonds is 6. The van der Waals surface area contributed by atoms with Crippen molar-refractivity contribution in [2.45, 2.75) is 6.54 Å². The van der Waals surface area contributed by atoms with Crippen LogP contribution in [0.5, 0.6) is 0 Å². The molecule has 0 aliphatic heterocycles. The minimum Gasteiger partial charge on any atom is -0.360 e. The van der Waals surface area contributed by atoms with E-state index in [0.717, 1.165) is 22.2 Å². The molecule has 3 heterocycles. The number of nitrogens with zero attached hydrogens (tertiary/aromatic N) is 4. The highest BCUT2D eigenvalue weighted by Gasteiger charge is 2.16. The summed E-state index contributed by atoms with van der Waals surface area (Å²) < 4.78 is 0. The Labute approximate surface area is 153 Å². The van der Waals surface area contributed by atoms with E-state index in [4.69, 9.17) is 0 Å². The smallest absolute Gasteiger partial charge is 0.311 e. The molecule has 0 amide bonds. The zero-order chi connectivity index (χ0) is 18.6. The van der Waals surface area contributed by atoms with Crippen molar-refractivity contribution in [2.24, 2.45) is 0 Å². The van der Waals surface area contributed by atoms with Crippen LogP contribution in [-0.4, -0.2) is 25.1 Å². The molecule has 9 nitrogen and oxygen atoms in total. The van der Waals surface area contributed by atoms with Crippen molar-refractivity contribution in [1.29, 1.82) is 0 Å². The quantitative estimate of drug-likeness (QED) is 0.354. The first-order chi connectivity index (χ1) is 13.2. The largest absolute Gasteiger partial charge is 0.360 e. The second-order valence-electron chi connectivity index (χ2n) is 5.83. The molecule has 0 saturated heterocycles. The number of fused-ring (bicyclic) bond motifs is 1. The topological polar surface area (TPSA) is 122 Å². The van der Waals surface area contributed by atoms with Gasteiger partial charge in [0.05, 0.1) is 16.6 Å². The number of anilines is 3. The fourth-order valence-corrected chi connectivity index (χ4v) is 2.66. The van der Waals surface area contributed by atoms with Gasteiger partial charge in [0.15, 0.2) is 0 Å². The van der Waals surface area contributed by atoms with Crippen molar-refractivity contribution in [2.75, 3.05) is 10.6 Å². The van der Waals surface area contributed by atoms with Crippen LogP contribution in [0.3, 0.4) is 0 Å². The SMILES string of the molecule is O=[N+]([O-])c1ccc(Nc2ccc3[nH]ncc3c2)nc1NCc1cccnc1. The summed E-state index contributed by atoms with van der Waals surface area (Å²) in [4.78, 5) is 19.2. The average molecular weight is 361 g/mol. The third-order valence-electron chi connectivity index (χ3n) is 3.97. The van der Waals surface area contributed by atoms with Crippen LogP contribution in [0.25, 0.3) is 10.9 Å². The number of aromatic amines is 1. The molecule has 0 aliphatic carbocycles. The number of aromatic nitrogens is 4. The molecule has 0 spiro atoms. The highest BCUT2D eigenvalue weighted by Crippen LogP contribution is 2.27. The number of hydrogen-bond donors (Lipinski definition) is 3. The lowest BCUT2D eigenvalue weighted by molar-refractivity contribution is -0.384. The zero-order valence-electron chi connectivity index (χ0n) is 14.1. The Hall–Kier alpha value is -4.01. The van der Waals surface area contributed by atoms with Gasteiger partial charge < -0.3 is 10.6 Å². The van der Waals surface area contributed by atoms with E-state index < -0.39 is 4.92 Å². The minimum atomic E-state index is -0.458. The summed E-state index contributed by atoms with van der Waals surface area (Å²) in [6.45, 7) is 0.381. The third-order valence-corrected chi connectivity index (χ3v) is 3.97. The van der Waals surface area contributed by atoms with Gasteiger partial charge in [0.1, 0.15) is 5.82 Å². The summed E-state index contributed by atoms with van der Waals surface area (Å²) in [6.07, 6.45) is 5.09. The second-order valence-corrected chi connectivity index (χ2v) is 5.83. The number of benzene rings is 1. The Morgan fingerprint density at radius 2 is 2.07 bits per heavy atom. The van der Waals surface area contributed by atoms with Crippen LogP contribution in [0, 0.1) is 10.1 Å². The van der Waals surface area contributed by atoms with E-state index in [2.05, 4.69) is 30.8 Å². The number of pyridine rings is 2. The molecule has 134 valence electrons. The van der Waals surface area contributed by atoms with Gasteiger partial charge in [-0.3, -0.25) is 20.2 Å². The zero-order valence-corrected chi connectivity index (χ0v) is 14.1. The average Bonchev–Trinajstić information content (AvgIpc) is 3.15. The van der Waals surface area contributed by atoms with E-state index >= 15 is 0 Å². The molecule has 3 N–H and O–H groups in total. The molecule has 0 unspecified atom stereocenters. The maximum atomic E-state index is 11.3. The molecule has 0 bridgehead atoms. The summed E-state index contributed by atoms with van der Waals surface area (Å²) in [6, 6.07) is 12.4. The first-order valence-electron chi connectivity index (χ1n) is 8.17. The van der Waals surface area contributed by atoms with Crippen LogP contribution < -0.4 is 10.6 Å². The normalized spacial score (nSPS) is 10.7. The first kappa shape index (κ1) is 16.5. The van der Waals surface area contributed by atoms with Gasteiger partial charge >= 0.3 is 5.69 Å². The van der Waals surface area contributed by atoms with Crippen LogP contribution in [0.2, 0.25) is 0 Å². The molecule has 4 aromatic rings. The highest BCUT2D eigenvalue weighted by atomic mass is 16.6. The molecule has 27 heavy (non-hydrogen) atoms. The van der Waals surface area contributed by atoms with E-state index in [0.29, 0.717) is 12.4 Å². The van der Waals surface area contributed by atoms with Gasteiger partial charge in [-0.2, -0.15) is 5.10 Å². The Kier molecular flexibility index (Phi) is 4.32. The van der Waals surface area contributed by atoms with Gasteiger partial charge in [-0.25, -0.2) is 4.98 Å². The van der Waals surface area contributed by atoms with Gasteiger partial charge in [0, 0.05) is 36.1 Å². The Morgan fingerprint density at radius 3 is 2.89 bits per heavy atom. The lowest BCUT2D eigenvalue weighted by Gasteiger charge is -2.10. The lowest BCUT2D eigenvalue weighted by atomic mass is 10.2. The molecular formula is C18H15N7O2. The van der Waals surface area contributed by atoms with E-state index in [-0.39, 0.29) is 11.5 Å². The van der Waals surface area contributed by atoms with Crippen molar-refractivity contribution in [1.82, 2.24) is 20.2 Å². The van der Waals surface area contributed by atoms with Crippen LogP contribution in [0.1, 0.15) is 5.56 Å². The van der Waals surface area contributed by atoms with Crippen molar-refractivity contribution >= 4 is 33.9 Å². The third kappa shape index (κ3) is 3.66. The van der Waals surface area contributed by atoms with Gasteiger partial charge in [-0.15, -0.1) is 0 Å². The van der Waals surface area contributed by atoms with Crippen molar-refractivity contribution in [3.63, 3.8) is 0 Å². The molecule has 0 radical (unpaired) electrons. The molecule has 9 heteroatoms. The van der Waals surface area contributed by atoms with Crippen molar-refractivity contribution in [3.8, 4) is 0 Å². The summed E-state index contributed by atoms with van der Waals surface area (Å²) in [5.74, 6) is 0.690. The minimum absolute atomic E-state index is 0.0882. The van der Waals surface area contributed by atoms with Crippen LogP contribution in [0.15, 0.2) is 61.1 Å². The highest BCUT2D eigenvalue weighted by molar-refractivity contribution is 5.82. The number of nitrogens with one attached hydrogen (secondary N) is 3. The molecule has 4 rings (SSSR count). The van der Waals surface area contributed by atoms with E-state index in [1.807, 2.05) is 30.3 Å².